The number of benzene rings is 1. The van der Waals surface area contributed by atoms with Gasteiger partial charge in [-0.05, 0) is 117 Å². The van der Waals surface area contributed by atoms with Crippen molar-refractivity contribution in [1.29, 1.82) is 5.26 Å². The zero-order valence-electron chi connectivity index (χ0n) is 19.8. The smallest absolute Gasteiger partial charge is 0.0991 e. The van der Waals surface area contributed by atoms with Crippen LogP contribution in [-0.4, -0.2) is 6.04 Å². The number of nitrogens with zero attached hydrogens (tertiary/aromatic N) is 1. The Morgan fingerprint density at radius 2 is 1.84 bits per heavy atom. The number of hydrogen-bond donors (Lipinski definition) is 1. The second-order valence-corrected chi connectivity index (χ2v) is 11.6. The van der Waals surface area contributed by atoms with Gasteiger partial charge in [-0.3, -0.25) is 0 Å². The van der Waals surface area contributed by atoms with Gasteiger partial charge in [0.25, 0.3) is 0 Å². The van der Waals surface area contributed by atoms with Crippen LogP contribution in [0.1, 0.15) is 89.7 Å². The normalized spacial score (nSPS) is 43.0. The van der Waals surface area contributed by atoms with E-state index in [1.54, 1.807) is 5.57 Å². The van der Waals surface area contributed by atoms with E-state index in [0.29, 0.717) is 16.9 Å². The molecule has 7 atom stereocenters. The predicted octanol–water partition coefficient (Wildman–Crippen LogP) is 7.01. The van der Waals surface area contributed by atoms with E-state index in [2.05, 4.69) is 50.4 Å². The molecule has 2 nitrogen and oxygen atoms in total. The Kier molecular flexibility index (Phi) is 5.54. The molecule has 5 rings (SSSR count). The van der Waals surface area contributed by atoms with Crippen LogP contribution >= 0.6 is 0 Å². The van der Waals surface area contributed by atoms with E-state index in [1.165, 1.54) is 63.4 Å². The topological polar surface area (TPSA) is 35.8 Å². The lowest BCUT2D eigenvalue weighted by atomic mass is 9.45. The second-order valence-electron chi connectivity index (χ2n) is 11.6. The summed E-state index contributed by atoms with van der Waals surface area (Å²) in [6.07, 6.45) is 15.2. The van der Waals surface area contributed by atoms with Crippen LogP contribution in [0.5, 0.6) is 0 Å². The molecule has 0 bridgehead atoms. The summed E-state index contributed by atoms with van der Waals surface area (Å²) in [4.78, 5) is 0. The number of fused-ring (bicyclic) bond motifs is 5. The third-order valence-corrected chi connectivity index (χ3v) is 10.5. The number of rotatable bonds is 3. The Morgan fingerprint density at radius 3 is 2.58 bits per heavy atom. The van der Waals surface area contributed by atoms with Gasteiger partial charge in [0.05, 0.1) is 11.6 Å². The number of hydrogen-bond acceptors (Lipinski definition) is 2. The van der Waals surface area contributed by atoms with Crippen molar-refractivity contribution in [2.45, 2.75) is 91.1 Å². The largest absolute Gasteiger partial charge is 0.310 e. The van der Waals surface area contributed by atoms with Crippen LogP contribution in [0, 0.1) is 45.8 Å². The number of nitrogens with one attached hydrogen (secondary N) is 1. The molecule has 1 unspecified atom stereocenters. The molecule has 1 aromatic carbocycles. The molecular formula is C29H40N2. The maximum atomic E-state index is 9.00. The third-order valence-electron chi connectivity index (χ3n) is 10.5. The molecule has 1 N–H and O–H groups in total. The molecule has 0 aromatic heterocycles. The van der Waals surface area contributed by atoms with Crippen molar-refractivity contribution < 1.29 is 0 Å². The first-order valence-electron chi connectivity index (χ1n) is 12.9. The lowest BCUT2D eigenvalue weighted by molar-refractivity contribution is -0.102. The molecule has 0 aliphatic heterocycles. The molecular weight excluding hydrogens is 376 g/mol. The summed E-state index contributed by atoms with van der Waals surface area (Å²) in [5, 5.41) is 12.9. The average Bonchev–Trinajstić information content (AvgIpc) is 3.14. The van der Waals surface area contributed by atoms with Crippen molar-refractivity contribution in [2.24, 2.45) is 34.5 Å². The quantitative estimate of drug-likeness (QED) is 0.538. The fourth-order valence-electron chi connectivity index (χ4n) is 8.72. The number of allylic oxidation sites excluding steroid dienone is 2. The van der Waals surface area contributed by atoms with Gasteiger partial charge >= 0.3 is 0 Å². The highest BCUT2D eigenvalue weighted by atomic mass is 14.9. The maximum absolute atomic E-state index is 9.00. The lowest BCUT2D eigenvalue weighted by Gasteiger charge is -2.60. The van der Waals surface area contributed by atoms with Gasteiger partial charge in [0, 0.05) is 12.6 Å². The van der Waals surface area contributed by atoms with E-state index < -0.39 is 0 Å². The molecule has 4 aliphatic carbocycles. The fourth-order valence-corrected chi connectivity index (χ4v) is 8.72. The van der Waals surface area contributed by atoms with Crippen molar-refractivity contribution in [3.63, 3.8) is 0 Å². The molecule has 0 saturated heterocycles. The molecule has 0 spiro atoms. The van der Waals surface area contributed by atoms with Crippen LogP contribution in [0.25, 0.3) is 0 Å². The first-order valence-corrected chi connectivity index (χ1v) is 12.9. The second kappa shape index (κ2) is 8.08. The molecule has 0 radical (unpaired) electrons. The predicted molar refractivity (Wildman–Crippen MR) is 127 cm³/mol. The Labute approximate surface area is 189 Å². The Morgan fingerprint density at radius 1 is 1.03 bits per heavy atom. The summed E-state index contributed by atoms with van der Waals surface area (Å²) in [6, 6.07) is 10.9. The van der Waals surface area contributed by atoms with Crippen molar-refractivity contribution in [2.75, 3.05) is 0 Å². The SMILES string of the molecule is C/C=C1/CC[C@H]2[C@@H]3CCC4C[C@@H](NCc5ccc(C#N)cc5)CC[C@]4(C)[C@H]3CC[C@]12C. The van der Waals surface area contributed by atoms with Gasteiger partial charge in [-0.1, -0.05) is 37.6 Å². The molecule has 2 heteroatoms. The summed E-state index contributed by atoms with van der Waals surface area (Å²) in [6.45, 7) is 8.49. The third kappa shape index (κ3) is 3.48. The summed E-state index contributed by atoms with van der Waals surface area (Å²) < 4.78 is 0. The molecule has 4 fully saturated rings. The molecule has 166 valence electrons. The highest BCUT2D eigenvalue weighted by molar-refractivity contribution is 5.31. The minimum Gasteiger partial charge on any atom is -0.310 e. The van der Waals surface area contributed by atoms with E-state index in [4.69, 9.17) is 5.26 Å². The van der Waals surface area contributed by atoms with E-state index in [9.17, 15) is 0 Å². The van der Waals surface area contributed by atoms with Crippen molar-refractivity contribution in [1.82, 2.24) is 5.32 Å². The van der Waals surface area contributed by atoms with Crippen LogP contribution in [0.3, 0.4) is 0 Å². The molecule has 31 heavy (non-hydrogen) atoms. The van der Waals surface area contributed by atoms with Crippen LogP contribution in [0.2, 0.25) is 0 Å². The first-order chi connectivity index (χ1) is 15.0. The Balaban J connectivity index is 1.24. The minimum atomic E-state index is 0.513. The molecule has 4 aliphatic rings. The van der Waals surface area contributed by atoms with E-state index in [0.717, 1.165) is 35.8 Å². The van der Waals surface area contributed by atoms with Gasteiger partial charge < -0.3 is 5.32 Å². The van der Waals surface area contributed by atoms with Crippen LogP contribution in [0.15, 0.2) is 35.9 Å². The molecule has 1 aromatic rings. The monoisotopic (exact) mass is 416 g/mol. The molecule has 0 amide bonds. The fraction of sp³-hybridized carbons (Fsp3) is 0.690. The van der Waals surface area contributed by atoms with Gasteiger partial charge in [-0.2, -0.15) is 5.26 Å². The zero-order chi connectivity index (χ0) is 21.6. The highest BCUT2D eigenvalue weighted by Crippen LogP contribution is 2.67. The van der Waals surface area contributed by atoms with Gasteiger partial charge in [0.15, 0.2) is 0 Å². The van der Waals surface area contributed by atoms with Gasteiger partial charge in [-0.15, -0.1) is 0 Å². The van der Waals surface area contributed by atoms with Crippen LogP contribution < -0.4 is 5.32 Å². The number of nitriles is 1. The summed E-state index contributed by atoms with van der Waals surface area (Å²) in [5.41, 5.74) is 4.90. The van der Waals surface area contributed by atoms with E-state index in [-0.39, 0.29) is 0 Å². The van der Waals surface area contributed by atoms with E-state index >= 15 is 0 Å². The maximum Gasteiger partial charge on any atom is 0.0991 e. The Bertz CT molecular complexity index is 877. The standard InChI is InChI=1S/C29H40N2/c1-4-22-10-12-26-25-11-9-23-17-24(31-19-21-7-5-20(18-30)6-8-21)13-15-29(23,3)27(25)14-16-28(22,26)2/h4-8,23-27,31H,9-17,19H2,1-3H3/b22-4-/t23?,24-,25-,26-,27-,28+,29-/m0/s1. The molecule has 4 saturated carbocycles. The van der Waals surface area contributed by atoms with Gasteiger partial charge in [0.2, 0.25) is 0 Å². The lowest BCUT2D eigenvalue weighted by Crippen LogP contribution is -2.54. The minimum absolute atomic E-state index is 0.513. The summed E-state index contributed by atoms with van der Waals surface area (Å²) in [7, 11) is 0. The molecule has 0 heterocycles. The Hall–Kier alpha value is -1.59. The average molecular weight is 417 g/mol. The van der Waals surface area contributed by atoms with Crippen LogP contribution in [-0.2, 0) is 6.54 Å². The van der Waals surface area contributed by atoms with Crippen molar-refractivity contribution in [3.05, 3.63) is 47.0 Å². The van der Waals surface area contributed by atoms with E-state index in [1.807, 2.05) is 12.1 Å². The summed E-state index contributed by atoms with van der Waals surface area (Å²) in [5.74, 6) is 3.77. The van der Waals surface area contributed by atoms with Crippen molar-refractivity contribution >= 4 is 0 Å². The highest BCUT2D eigenvalue weighted by Gasteiger charge is 2.58. The van der Waals surface area contributed by atoms with Crippen molar-refractivity contribution in [3.8, 4) is 6.07 Å². The summed E-state index contributed by atoms with van der Waals surface area (Å²) >= 11 is 0. The first kappa shape index (κ1) is 21.3. The zero-order valence-corrected chi connectivity index (χ0v) is 19.8. The van der Waals surface area contributed by atoms with Crippen LogP contribution in [0.4, 0.5) is 0 Å². The van der Waals surface area contributed by atoms with Gasteiger partial charge in [0.1, 0.15) is 0 Å². The van der Waals surface area contributed by atoms with Gasteiger partial charge in [-0.25, -0.2) is 0 Å².